The van der Waals surface area contributed by atoms with Crippen LogP contribution in [0, 0.1) is 5.92 Å². The van der Waals surface area contributed by atoms with Gasteiger partial charge in [-0.25, -0.2) is 0 Å². The zero-order valence-electron chi connectivity index (χ0n) is 11.8. The molecule has 1 aromatic rings. The first-order valence-electron chi connectivity index (χ1n) is 7.55. The molecule has 1 amide bonds. The first kappa shape index (κ1) is 13.4. The third-order valence-corrected chi connectivity index (χ3v) is 4.20. The maximum atomic E-state index is 12.2. The van der Waals surface area contributed by atoms with Crippen molar-refractivity contribution in [3.63, 3.8) is 0 Å². The van der Waals surface area contributed by atoms with Gasteiger partial charge in [-0.1, -0.05) is 0 Å². The number of rotatable bonds is 3. The molecule has 0 atom stereocenters. The summed E-state index contributed by atoms with van der Waals surface area (Å²) in [5.74, 6) is 0.608. The lowest BCUT2D eigenvalue weighted by Gasteiger charge is -2.22. The van der Waals surface area contributed by atoms with Gasteiger partial charge in [0.2, 0.25) is 0 Å². The average Bonchev–Trinajstić information content (AvgIpc) is 2.53. The molecular formula is C16H22N2O2. The number of aryl methyl sites for hydroxylation is 1. The summed E-state index contributed by atoms with van der Waals surface area (Å²) in [6.45, 7) is 3.44. The zero-order valence-corrected chi connectivity index (χ0v) is 11.8. The van der Waals surface area contributed by atoms with E-state index in [1.165, 1.54) is 11.3 Å². The Labute approximate surface area is 119 Å². The van der Waals surface area contributed by atoms with Gasteiger partial charge in [-0.15, -0.1) is 0 Å². The van der Waals surface area contributed by atoms with Gasteiger partial charge in [0.1, 0.15) is 0 Å². The van der Waals surface area contributed by atoms with E-state index in [1.54, 1.807) is 0 Å². The molecule has 0 spiro atoms. The molecule has 2 aliphatic heterocycles. The molecule has 4 heteroatoms. The Morgan fingerprint density at radius 1 is 1.35 bits per heavy atom. The Balaban J connectivity index is 1.59. The minimum atomic E-state index is 0.0462. The number of nitrogens with one attached hydrogen (secondary N) is 2. The largest absolute Gasteiger partial charge is 0.385 e. The Hall–Kier alpha value is -1.55. The van der Waals surface area contributed by atoms with Gasteiger partial charge < -0.3 is 15.4 Å². The molecule has 0 unspecified atom stereocenters. The number of hydrogen-bond acceptors (Lipinski definition) is 3. The van der Waals surface area contributed by atoms with Crippen LogP contribution in [0.3, 0.4) is 0 Å². The Morgan fingerprint density at radius 3 is 3.05 bits per heavy atom. The predicted octanol–water partition coefficient (Wildman–Crippen LogP) is 2.20. The summed E-state index contributed by atoms with van der Waals surface area (Å²) in [6.07, 6.45) is 4.30. The van der Waals surface area contributed by atoms with Crippen LogP contribution < -0.4 is 10.6 Å². The van der Waals surface area contributed by atoms with Crippen LogP contribution >= 0.6 is 0 Å². The van der Waals surface area contributed by atoms with Crippen LogP contribution in [-0.4, -0.2) is 32.2 Å². The van der Waals surface area contributed by atoms with Crippen molar-refractivity contribution in [1.29, 1.82) is 0 Å². The third kappa shape index (κ3) is 3.12. The molecule has 2 heterocycles. The van der Waals surface area contributed by atoms with E-state index in [0.29, 0.717) is 5.92 Å². The number of benzene rings is 1. The molecule has 0 saturated carbocycles. The molecule has 0 bridgehead atoms. The second kappa shape index (κ2) is 6.27. The number of anilines is 1. The van der Waals surface area contributed by atoms with Crippen molar-refractivity contribution in [2.45, 2.75) is 25.7 Å². The van der Waals surface area contributed by atoms with E-state index in [0.717, 1.165) is 57.6 Å². The van der Waals surface area contributed by atoms with Gasteiger partial charge in [-0.3, -0.25) is 4.79 Å². The van der Waals surface area contributed by atoms with Crippen molar-refractivity contribution < 1.29 is 9.53 Å². The molecule has 20 heavy (non-hydrogen) atoms. The van der Waals surface area contributed by atoms with Crippen LogP contribution in [-0.2, 0) is 11.2 Å². The summed E-state index contributed by atoms with van der Waals surface area (Å²) in [4.78, 5) is 12.2. The highest BCUT2D eigenvalue weighted by molar-refractivity contribution is 5.95. The molecule has 3 rings (SSSR count). The molecular weight excluding hydrogens is 252 g/mol. The Bertz CT molecular complexity index is 481. The van der Waals surface area contributed by atoms with E-state index in [-0.39, 0.29) is 5.91 Å². The number of carbonyl (C=O) groups excluding carboxylic acids is 1. The number of ether oxygens (including phenoxy) is 1. The van der Waals surface area contributed by atoms with Crippen molar-refractivity contribution in [2.75, 3.05) is 31.6 Å². The smallest absolute Gasteiger partial charge is 0.251 e. The lowest BCUT2D eigenvalue weighted by molar-refractivity contribution is 0.0642. The molecule has 0 aromatic heterocycles. The maximum absolute atomic E-state index is 12.2. The Kier molecular flexibility index (Phi) is 4.21. The lowest BCUT2D eigenvalue weighted by Crippen LogP contribution is -2.32. The van der Waals surface area contributed by atoms with Crippen molar-refractivity contribution in [3.05, 3.63) is 29.3 Å². The van der Waals surface area contributed by atoms with Gasteiger partial charge in [0.05, 0.1) is 0 Å². The van der Waals surface area contributed by atoms with E-state index >= 15 is 0 Å². The molecule has 0 aliphatic carbocycles. The average molecular weight is 274 g/mol. The molecule has 108 valence electrons. The van der Waals surface area contributed by atoms with Crippen molar-refractivity contribution in [2.24, 2.45) is 5.92 Å². The summed E-state index contributed by atoms with van der Waals surface area (Å²) >= 11 is 0. The van der Waals surface area contributed by atoms with Crippen LogP contribution in [0.5, 0.6) is 0 Å². The van der Waals surface area contributed by atoms with Gasteiger partial charge in [0.15, 0.2) is 0 Å². The highest BCUT2D eigenvalue weighted by Gasteiger charge is 2.16. The maximum Gasteiger partial charge on any atom is 0.251 e. The molecule has 2 aliphatic rings. The van der Waals surface area contributed by atoms with E-state index in [2.05, 4.69) is 10.6 Å². The standard InChI is InChI=1S/C16H22N2O2/c19-16(18-11-12-5-8-20-9-6-12)14-3-4-15-13(10-14)2-1-7-17-15/h3-4,10,12,17H,1-2,5-9,11H2,(H,18,19). The lowest BCUT2D eigenvalue weighted by atomic mass is 9.99. The van der Waals surface area contributed by atoms with Crippen molar-refractivity contribution in [3.8, 4) is 0 Å². The first-order valence-corrected chi connectivity index (χ1v) is 7.55. The predicted molar refractivity (Wildman–Crippen MR) is 79.1 cm³/mol. The highest BCUT2D eigenvalue weighted by Crippen LogP contribution is 2.23. The molecule has 0 radical (unpaired) electrons. The van der Waals surface area contributed by atoms with Crippen LogP contribution in [0.4, 0.5) is 5.69 Å². The van der Waals surface area contributed by atoms with E-state index in [1.807, 2.05) is 18.2 Å². The van der Waals surface area contributed by atoms with Crippen molar-refractivity contribution in [1.82, 2.24) is 5.32 Å². The fourth-order valence-electron chi connectivity index (χ4n) is 2.91. The van der Waals surface area contributed by atoms with Gasteiger partial charge in [0.25, 0.3) is 5.91 Å². The number of hydrogen-bond donors (Lipinski definition) is 2. The second-order valence-electron chi connectivity index (χ2n) is 5.67. The van der Waals surface area contributed by atoms with Crippen LogP contribution in [0.2, 0.25) is 0 Å². The minimum Gasteiger partial charge on any atom is -0.385 e. The van der Waals surface area contributed by atoms with Gasteiger partial charge >= 0.3 is 0 Å². The van der Waals surface area contributed by atoms with Crippen LogP contribution in [0.25, 0.3) is 0 Å². The summed E-state index contributed by atoms with van der Waals surface area (Å²) < 4.78 is 5.33. The molecule has 4 nitrogen and oxygen atoms in total. The van der Waals surface area contributed by atoms with E-state index in [4.69, 9.17) is 4.74 Å². The molecule has 1 fully saturated rings. The first-order chi connectivity index (χ1) is 9.83. The van der Waals surface area contributed by atoms with Crippen LogP contribution in [0.1, 0.15) is 35.2 Å². The molecule has 1 saturated heterocycles. The van der Waals surface area contributed by atoms with Gasteiger partial charge in [-0.05, 0) is 55.4 Å². The minimum absolute atomic E-state index is 0.0462. The highest BCUT2D eigenvalue weighted by atomic mass is 16.5. The monoisotopic (exact) mass is 274 g/mol. The number of amides is 1. The number of carbonyl (C=O) groups is 1. The summed E-state index contributed by atoms with van der Waals surface area (Å²) in [6, 6.07) is 5.97. The second-order valence-corrected chi connectivity index (χ2v) is 5.67. The number of fused-ring (bicyclic) bond motifs is 1. The van der Waals surface area contributed by atoms with Crippen LogP contribution in [0.15, 0.2) is 18.2 Å². The van der Waals surface area contributed by atoms with Gasteiger partial charge in [0, 0.05) is 37.6 Å². The summed E-state index contributed by atoms with van der Waals surface area (Å²) in [5, 5.41) is 6.43. The zero-order chi connectivity index (χ0) is 13.8. The quantitative estimate of drug-likeness (QED) is 0.888. The SMILES string of the molecule is O=C(NCC1CCOCC1)c1ccc2c(c1)CCCN2. The van der Waals surface area contributed by atoms with E-state index < -0.39 is 0 Å². The molecule has 1 aromatic carbocycles. The van der Waals surface area contributed by atoms with Gasteiger partial charge in [-0.2, -0.15) is 0 Å². The Morgan fingerprint density at radius 2 is 2.20 bits per heavy atom. The van der Waals surface area contributed by atoms with E-state index in [9.17, 15) is 4.79 Å². The normalized spacial score (nSPS) is 19.0. The fraction of sp³-hybridized carbons (Fsp3) is 0.562. The summed E-state index contributed by atoms with van der Waals surface area (Å²) in [7, 11) is 0. The fourth-order valence-corrected chi connectivity index (χ4v) is 2.91. The summed E-state index contributed by atoms with van der Waals surface area (Å²) in [5.41, 5.74) is 3.21. The topological polar surface area (TPSA) is 50.4 Å². The van der Waals surface area contributed by atoms with Crippen molar-refractivity contribution >= 4 is 11.6 Å². The molecule has 2 N–H and O–H groups in total. The third-order valence-electron chi connectivity index (χ3n) is 4.20.